The molecule has 0 aliphatic carbocycles. The summed E-state index contributed by atoms with van der Waals surface area (Å²) in [5.41, 5.74) is 3.28. The molecule has 2 N–H and O–H groups in total. The Morgan fingerprint density at radius 2 is 2.26 bits per heavy atom. The van der Waals surface area contributed by atoms with Gasteiger partial charge in [-0.1, -0.05) is 0 Å². The molecule has 2 aliphatic rings. The van der Waals surface area contributed by atoms with Crippen molar-refractivity contribution < 1.29 is 9.47 Å². The molecule has 2 aliphatic heterocycles. The normalized spacial score (nSPS) is 20.3. The number of rotatable bonds is 5. The second-order valence-electron chi connectivity index (χ2n) is 6.25. The van der Waals surface area contributed by atoms with E-state index in [1.165, 1.54) is 24.9 Å². The van der Waals surface area contributed by atoms with E-state index in [4.69, 9.17) is 9.47 Å². The Bertz CT molecular complexity index is 685. The summed E-state index contributed by atoms with van der Waals surface area (Å²) in [6.45, 7) is 3.33. The quantitative estimate of drug-likeness (QED) is 0.884. The molecule has 1 unspecified atom stereocenters. The highest BCUT2D eigenvalue weighted by molar-refractivity contribution is 5.66. The predicted molar refractivity (Wildman–Crippen MR) is 87.5 cm³/mol. The zero-order valence-electron chi connectivity index (χ0n) is 13.3. The van der Waals surface area contributed by atoms with Gasteiger partial charge in [-0.2, -0.15) is 5.10 Å². The fourth-order valence-electron chi connectivity index (χ4n) is 3.36. The van der Waals surface area contributed by atoms with Crippen LogP contribution >= 0.6 is 0 Å². The first-order valence-electron chi connectivity index (χ1n) is 8.14. The number of ether oxygens (including phenoxy) is 2. The minimum Gasteiger partial charge on any atom is -0.454 e. The van der Waals surface area contributed by atoms with Crippen molar-refractivity contribution in [2.75, 3.05) is 26.9 Å². The molecule has 1 fully saturated rings. The van der Waals surface area contributed by atoms with E-state index in [2.05, 4.69) is 27.5 Å². The van der Waals surface area contributed by atoms with Crippen LogP contribution in [0.1, 0.15) is 18.4 Å². The number of aromatic nitrogens is 2. The van der Waals surface area contributed by atoms with E-state index in [-0.39, 0.29) is 0 Å². The molecular weight excluding hydrogens is 292 g/mol. The smallest absolute Gasteiger partial charge is 0.231 e. The summed E-state index contributed by atoms with van der Waals surface area (Å²) in [6, 6.07) is 6.64. The number of hydrogen-bond acceptors (Lipinski definition) is 5. The third-order valence-corrected chi connectivity index (χ3v) is 4.75. The van der Waals surface area contributed by atoms with E-state index in [1.54, 1.807) is 0 Å². The minimum absolute atomic E-state index is 0.297. The van der Waals surface area contributed by atoms with Gasteiger partial charge < -0.3 is 19.7 Å². The summed E-state index contributed by atoms with van der Waals surface area (Å²) in [6.07, 6.45) is 4.48. The van der Waals surface area contributed by atoms with Crippen LogP contribution in [0.5, 0.6) is 11.5 Å². The van der Waals surface area contributed by atoms with E-state index < -0.39 is 0 Å². The van der Waals surface area contributed by atoms with Crippen LogP contribution in [0.2, 0.25) is 0 Å². The van der Waals surface area contributed by atoms with Gasteiger partial charge >= 0.3 is 0 Å². The molecule has 1 saturated heterocycles. The van der Waals surface area contributed by atoms with Crippen LogP contribution < -0.4 is 14.8 Å². The maximum atomic E-state index is 5.46. The van der Waals surface area contributed by atoms with Crippen molar-refractivity contribution in [3.8, 4) is 22.8 Å². The number of benzene rings is 1. The Hall–Kier alpha value is -2.05. The number of nitrogens with zero attached hydrogens (tertiary/aromatic N) is 2. The van der Waals surface area contributed by atoms with Gasteiger partial charge in [0.1, 0.15) is 0 Å². The van der Waals surface area contributed by atoms with Gasteiger partial charge in [0.2, 0.25) is 6.79 Å². The fraction of sp³-hybridized carbons (Fsp3) is 0.471. The van der Waals surface area contributed by atoms with Gasteiger partial charge in [-0.3, -0.25) is 5.10 Å². The molecule has 23 heavy (non-hydrogen) atoms. The van der Waals surface area contributed by atoms with Crippen molar-refractivity contribution in [2.24, 2.45) is 0 Å². The van der Waals surface area contributed by atoms with Crippen molar-refractivity contribution in [3.63, 3.8) is 0 Å². The van der Waals surface area contributed by atoms with Gasteiger partial charge in [0.15, 0.2) is 11.5 Å². The van der Waals surface area contributed by atoms with Gasteiger partial charge in [-0.15, -0.1) is 0 Å². The highest BCUT2D eigenvalue weighted by Gasteiger charge is 2.20. The lowest BCUT2D eigenvalue weighted by Gasteiger charge is -2.19. The zero-order chi connectivity index (χ0) is 15.6. The topological polar surface area (TPSA) is 62.4 Å². The molecule has 0 bridgehead atoms. The largest absolute Gasteiger partial charge is 0.454 e. The van der Waals surface area contributed by atoms with Crippen LogP contribution in [0.4, 0.5) is 0 Å². The van der Waals surface area contributed by atoms with Crippen molar-refractivity contribution in [2.45, 2.75) is 25.4 Å². The van der Waals surface area contributed by atoms with E-state index >= 15 is 0 Å². The Kier molecular flexibility index (Phi) is 3.93. The molecule has 1 atom stereocenters. The Labute approximate surface area is 135 Å². The number of H-pyrrole nitrogens is 1. The number of fused-ring (bicyclic) bond motifs is 1. The SMILES string of the molecule is CN1CCCC1CNCc1cn[nH]c1-c1ccc2c(c1)OCO2. The summed E-state index contributed by atoms with van der Waals surface area (Å²) >= 11 is 0. The zero-order valence-corrected chi connectivity index (χ0v) is 13.3. The first-order chi connectivity index (χ1) is 11.3. The summed E-state index contributed by atoms with van der Waals surface area (Å²) in [5.74, 6) is 1.60. The van der Waals surface area contributed by atoms with Gasteiger partial charge in [0.25, 0.3) is 0 Å². The molecule has 122 valence electrons. The highest BCUT2D eigenvalue weighted by atomic mass is 16.7. The standard InChI is InChI=1S/C17H22N4O2/c1-21-6-2-3-14(21)10-18-8-13-9-19-20-17(13)12-4-5-15-16(7-12)23-11-22-15/h4-5,7,9,14,18H,2-3,6,8,10-11H2,1H3,(H,19,20). The van der Waals surface area contributed by atoms with Crippen molar-refractivity contribution >= 4 is 0 Å². The van der Waals surface area contributed by atoms with Crippen LogP contribution in [0, 0.1) is 0 Å². The van der Waals surface area contributed by atoms with E-state index in [1.807, 2.05) is 24.4 Å². The predicted octanol–water partition coefficient (Wildman–Crippen LogP) is 1.99. The molecule has 0 radical (unpaired) electrons. The number of hydrogen-bond donors (Lipinski definition) is 2. The third-order valence-electron chi connectivity index (χ3n) is 4.75. The molecule has 6 heteroatoms. The van der Waals surface area contributed by atoms with Crippen molar-refractivity contribution in [1.29, 1.82) is 0 Å². The molecule has 0 amide bonds. The number of likely N-dealkylation sites (N-methyl/N-ethyl adjacent to an activating group) is 1. The Morgan fingerprint density at radius 3 is 3.13 bits per heavy atom. The van der Waals surface area contributed by atoms with Crippen molar-refractivity contribution in [1.82, 2.24) is 20.4 Å². The van der Waals surface area contributed by atoms with Crippen LogP contribution in [-0.4, -0.2) is 48.1 Å². The molecule has 3 heterocycles. The van der Waals surface area contributed by atoms with Crippen LogP contribution in [0.15, 0.2) is 24.4 Å². The maximum absolute atomic E-state index is 5.46. The molecular formula is C17H22N4O2. The maximum Gasteiger partial charge on any atom is 0.231 e. The highest BCUT2D eigenvalue weighted by Crippen LogP contribution is 2.36. The van der Waals surface area contributed by atoms with Gasteiger partial charge in [-0.05, 0) is 44.6 Å². The third kappa shape index (κ3) is 2.92. The summed E-state index contributed by atoms with van der Waals surface area (Å²) < 4.78 is 10.8. The fourth-order valence-corrected chi connectivity index (χ4v) is 3.36. The summed E-state index contributed by atoms with van der Waals surface area (Å²) in [5, 5.41) is 10.9. The minimum atomic E-state index is 0.297. The second kappa shape index (κ2) is 6.22. The van der Waals surface area contributed by atoms with Gasteiger partial charge in [0, 0.05) is 30.3 Å². The average molecular weight is 314 g/mol. The first kappa shape index (κ1) is 14.5. The van der Waals surface area contributed by atoms with Gasteiger partial charge in [0.05, 0.1) is 11.9 Å². The van der Waals surface area contributed by atoms with Crippen LogP contribution in [-0.2, 0) is 6.54 Å². The second-order valence-corrected chi connectivity index (χ2v) is 6.25. The van der Waals surface area contributed by atoms with E-state index in [9.17, 15) is 0 Å². The van der Waals surface area contributed by atoms with E-state index in [0.717, 1.165) is 35.8 Å². The first-order valence-corrected chi connectivity index (χ1v) is 8.14. The molecule has 0 saturated carbocycles. The Morgan fingerprint density at radius 1 is 1.35 bits per heavy atom. The molecule has 2 aromatic rings. The summed E-state index contributed by atoms with van der Waals surface area (Å²) in [4.78, 5) is 2.43. The average Bonchev–Trinajstić information content (AvgIpc) is 3.28. The van der Waals surface area contributed by atoms with Crippen molar-refractivity contribution in [3.05, 3.63) is 30.0 Å². The van der Waals surface area contributed by atoms with Gasteiger partial charge in [-0.25, -0.2) is 0 Å². The molecule has 0 spiro atoms. The molecule has 4 rings (SSSR count). The summed E-state index contributed by atoms with van der Waals surface area (Å²) in [7, 11) is 2.20. The van der Waals surface area contributed by atoms with Crippen LogP contribution in [0.3, 0.4) is 0 Å². The molecule has 1 aromatic heterocycles. The lowest BCUT2D eigenvalue weighted by atomic mass is 10.1. The van der Waals surface area contributed by atoms with Crippen LogP contribution in [0.25, 0.3) is 11.3 Å². The molecule has 6 nitrogen and oxygen atoms in total. The lowest BCUT2D eigenvalue weighted by Crippen LogP contribution is -2.35. The number of aromatic amines is 1. The lowest BCUT2D eigenvalue weighted by molar-refractivity contribution is 0.174. The molecule has 1 aromatic carbocycles. The number of likely N-dealkylation sites (tertiary alicyclic amines) is 1. The monoisotopic (exact) mass is 314 g/mol. The number of nitrogens with one attached hydrogen (secondary N) is 2. The Balaban J connectivity index is 1.44. The van der Waals surface area contributed by atoms with E-state index in [0.29, 0.717) is 12.8 Å².